The van der Waals surface area contributed by atoms with Crippen LogP contribution in [0.25, 0.3) is 0 Å². The Morgan fingerprint density at radius 2 is 2.17 bits per heavy atom. The van der Waals surface area contributed by atoms with Crippen molar-refractivity contribution < 1.29 is 22.7 Å². The second-order valence-corrected chi connectivity index (χ2v) is 7.81. The maximum absolute atomic E-state index is 12.0. The third kappa shape index (κ3) is 3.04. The molecule has 2 aliphatic rings. The lowest BCUT2D eigenvalue weighted by Crippen LogP contribution is -2.35. The number of thioether (sulfide) groups is 1. The van der Waals surface area contributed by atoms with Crippen LogP contribution in [0.1, 0.15) is 17.3 Å². The highest BCUT2D eigenvalue weighted by atomic mass is 32.2. The van der Waals surface area contributed by atoms with E-state index in [0.29, 0.717) is 16.6 Å². The molecule has 1 aromatic rings. The molecule has 2 heterocycles. The lowest BCUT2D eigenvalue weighted by atomic mass is 10.2. The Morgan fingerprint density at radius 1 is 1.43 bits per heavy atom. The molecule has 1 atom stereocenters. The molecule has 0 radical (unpaired) electrons. The number of carbonyl (C=O) groups is 2. The van der Waals surface area contributed by atoms with E-state index in [4.69, 9.17) is 10.5 Å². The van der Waals surface area contributed by atoms with Gasteiger partial charge in [-0.05, 0) is 36.9 Å². The Morgan fingerprint density at radius 3 is 2.87 bits per heavy atom. The van der Waals surface area contributed by atoms with Gasteiger partial charge in [-0.25, -0.2) is 13.2 Å². The fraction of sp³-hybridized carbons (Fsp3) is 0.308. The quantitative estimate of drug-likeness (QED) is 0.776. The molecule has 2 aliphatic heterocycles. The number of amides is 1. The summed E-state index contributed by atoms with van der Waals surface area (Å²) in [6.45, 7) is 1.71. The van der Waals surface area contributed by atoms with E-state index in [1.54, 1.807) is 23.1 Å². The average molecular weight is 355 g/mol. The minimum Gasteiger partial charge on any atom is -0.449 e. The van der Waals surface area contributed by atoms with Gasteiger partial charge in [0.2, 0.25) is 0 Å². The van der Waals surface area contributed by atoms with Crippen molar-refractivity contribution in [2.75, 3.05) is 17.2 Å². The zero-order chi connectivity index (χ0) is 16.8. The van der Waals surface area contributed by atoms with Gasteiger partial charge in [0.25, 0.3) is 15.9 Å². The molecule has 8 nitrogen and oxygen atoms in total. The molecular formula is C13H13N3O5S2. The van der Waals surface area contributed by atoms with Crippen molar-refractivity contribution in [3.63, 3.8) is 0 Å². The van der Waals surface area contributed by atoms with Crippen molar-refractivity contribution in [2.45, 2.75) is 17.9 Å². The first-order valence-corrected chi connectivity index (χ1v) is 9.12. The minimum absolute atomic E-state index is 0.0452. The molecule has 0 aliphatic carbocycles. The number of sulfonamides is 1. The van der Waals surface area contributed by atoms with Gasteiger partial charge in [0.15, 0.2) is 11.3 Å². The molecule has 3 rings (SSSR count). The number of primary amides is 1. The molecule has 23 heavy (non-hydrogen) atoms. The summed E-state index contributed by atoms with van der Waals surface area (Å²) in [6, 6.07) is 4.85. The molecule has 0 saturated carbocycles. The van der Waals surface area contributed by atoms with Crippen molar-refractivity contribution in [3.8, 4) is 0 Å². The number of esters is 1. The van der Waals surface area contributed by atoms with E-state index in [1.165, 1.54) is 18.7 Å². The summed E-state index contributed by atoms with van der Waals surface area (Å²) in [5.74, 6) is -1.44. The first kappa shape index (κ1) is 15.8. The van der Waals surface area contributed by atoms with E-state index in [2.05, 4.69) is 4.40 Å². The zero-order valence-corrected chi connectivity index (χ0v) is 13.7. The maximum atomic E-state index is 12.0. The van der Waals surface area contributed by atoms with Crippen LogP contribution in [0.3, 0.4) is 0 Å². The molecule has 0 unspecified atom stereocenters. The van der Waals surface area contributed by atoms with Gasteiger partial charge in [0, 0.05) is 11.4 Å². The van der Waals surface area contributed by atoms with Crippen molar-refractivity contribution in [1.82, 2.24) is 0 Å². The second kappa shape index (κ2) is 5.53. The van der Waals surface area contributed by atoms with Crippen LogP contribution in [0.2, 0.25) is 0 Å². The Hall–Kier alpha value is -2.07. The molecule has 0 saturated heterocycles. The number of hydrogen-bond acceptors (Lipinski definition) is 7. The summed E-state index contributed by atoms with van der Waals surface area (Å²) in [5, 5.41) is 0.377. The Bertz CT molecular complexity index is 834. The second-order valence-electron chi connectivity index (χ2n) is 5.05. The number of hydrogen-bond donors (Lipinski definition) is 1. The molecule has 0 bridgehead atoms. The predicted octanol–water partition coefficient (Wildman–Crippen LogP) is 0.329. The van der Waals surface area contributed by atoms with E-state index in [9.17, 15) is 18.0 Å². The normalized spacial score (nSPS) is 19.3. The Kier molecular flexibility index (Phi) is 3.80. The molecule has 1 aromatic carbocycles. The van der Waals surface area contributed by atoms with Crippen LogP contribution in [0, 0.1) is 0 Å². The lowest BCUT2D eigenvalue weighted by molar-refractivity contribution is -0.125. The predicted molar refractivity (Wildman–Crippen MR) is 84.9 cm³/mol. The summed E-state index contributed by atoms with van der Waals surface area (Å²) >= 11 is 1.18. The zero-order valence-electron chi connectivity index (χ0n) is 12.1. The first-order valence-electron chi connectivity index (χ1n) is 6.69. The molecule has 10 heteroatoms. The molecule has 0 fully saturated rings. The maximum Gasteiger partial charge on any atom is 0.338 e. The van der Waals surface area contributed by atoms with E-state index in [1.807, 2.05) is 0 Å². The molecule has 1 amide bonds. The number of ether oxygens (including phenoxy) is 1. The Balaban J connectivity index is 1.86. The van der Waals surface area contributed by atoms with Crippen LogP contribution in [0.5, 0.6) is 0 Å². The monoisotopic (exact) mass is 355 g/mol. The average Bonchev–Trinajstić information content (AvgIpc) is 2.81. The van der Waals surface area contributed by atoms with Crippen molar-refractivity contribution in [3.05, 3.63) is 23.8 Å². The van der Waals surface area contributed by atoms with Gasteiger partial charge < -0.3 is 15.4 Å². The summed E-state index contributed by atoms with van der Waals surface area (Å²) in [5.41, 5.74) is 6.11. The van der Waals surface area contributed by atoms with Crippen LogP contribution in [0.15, 0.2) is 27.5 Å². The van der Waals surface area contributed by atoms with Crippen LogP contribution in [-0.4, -0.2) is 43.9 Å². The van der Waals surface area contributed by atoms with Crippen LogP contribution in [-0.2, 0) is 19.6 Å². The number of benzene rings is 1. The van der Waals surface area contributed by atoms with E-state index in [0.717, 1.165) is 5.69 Å². The van der Waals surface area contributed by atoms with Crippen LogP contribution >= 0.6 is 11.8 Å². The van der Waals surface area contributed by atoms with Gasteiger partial charge in [0.1, 0.15) is 0 Å². The highest BCUT2D eigenvalue weighted by Crippen LogP contribution is 2.42. The third-order valence-electron chi connectivity index (χ3n) is 3.39. The highest BCUT2D eigenvalue weighted by Gasteiger charge is 2.33. The largest absolute Gasteiger partial charge is 0.449 e. The SMILES string of the molecule is C[C@@H](OC(=O)c1ccc2c(c1)SC1=NS(=O)(=O)CCN12)C(N)=O. The van der Waals surface area contributed by atoms with Crippen molar-refractivity contribution >= 4 is 44.5 Å². The number of nitrogens with zero attached hydrogens (tertiary/aromatic N) is 2. The number of carbonyl (C=O) groups excluding carboxylic acids is 2. The molecule has 122 valence electrons. The lowest BCUT2D eigenvalue weighted by Gasteiger charge is -2.22. The van der Waals surface area contributed by atoms with Gasteiger partial charge in [-0.15, -0.1) is 4.40 Å². The summed E-state index contributed by atoms with van der Waals surface area (Å²) in [4.78, 5) is 25.4. The van der Waals surface area contributed by atoms with Crippen LogP contribution < -0.4 is 10.6 Å². The summed E-state index contributed by atoms with van der Waals surface area (Å²) in [6.07, 6.45) is -1.02. The number of fused-ring (bicyclic) bond motifs is 3. The minimum atomic E-state index is -3.42. The molecule has 2 N–H and O–H groups in total. The standard InChI is InChI=1S/C13H13N3O5S2/c1-7(11(14)17)21-12(18)8-2-3-9-10(6-8)22-13-15-23(19,20)5-4-16(9)13/h2-3,6-7H,4-5H2,1H3,(H2,14,17)/t7-/m1/s1. The first-order chi connectivity index (χ1) is 10.8. The number of anilines is 1. The number of amidine groups is 1. The molecule has 0 spiro atoms. The fourth-order valence-electron chi connectivity index (χ4n) is 2.14. The number of nitrogens with two attached hydrogens (primary N) is 1. The fourth-order valence-corrected chi connectivity index (χ4v) is 4.44. The smallest absolute Gasteiger partial charge is 0.338 e. The van der Waals surface area contributed by atoms with Gasteiger partial charge in [-0.1, -0.05) is 0 Å². The topological polar surface area (TPSA) is 119 Å². The summed E-state index contributed by atoms with van der Waals surface area (Å²) < 4.78 is 31.8. The van der Waals surface area contributed by atoms with Gasteiger partial charge in [-0.2, -0.15) is 0 Å². The third-order valence-corrected chi connectivity index (χ3v) is 5.70. The van der Waals surface area contributed by atoms with Crippen molar-refractivity contribution in [1.29, 1.82) is 0 Å². The molecule has 0 aromatic heterocycles. The van der Waals surface area contributed by atoms with E-state index < -0.39 is 28.0 Å². The van der Waals surface area contributed by atoms with Gasteiger partial charge >= 0.3 is 5.97 Å². The highest BCUT2D eigenvalue weighted by molar-refractivity contribution is 8.15. The van der Waals surface area contributed by atoms with Gasteiger partial charge in [0.05, 0.1) is 17.0 Å². The van der Waals surface area contributed by atoms with Crippen molar-refractivity contribution in [2.24, 2.45) is 10.1 Å². The van der Waals surface area contributed by atoms with E-state index >= 15 is 0 Å². The van der Waals surface area contributed by atoms with Crippen LogP contribution in [0.4, 0.5) is 5.69 Å². The Labute approximate surface area is 136 Å². The van der Waals surface area contributed by atoms with E-state index in [-0.39, 0.29) is 11.3 Å². The number of rotatable bonds is 3. The molecular weight excluding hydrogens is 342 g/mol. The summed E-state index contributed by atoms with van der Waals surface area (Å²) in [7, 11) is -3.42. The van der Waals surface area contributed by atoms with Gasteiger partial charge in [-0.3, -0.25) is 4.79 Å².